The average Bonchev–Trinajstić information content (AvgIpc) is 3.24. The summed E-state index contributed by atoms with van der Waals surface area (Å²) in [5.41, 5.74) is 5.39. The molecular weight excluding hydrogens is 286 g/mol. The monoisotopic (exact) mass is 311 g/mol. The van der Waals surface area contributed by atoms with E-state index in [4.69, 9.17) is 4.74 Å². The Hall–Kier alpha value is -1.94. The molecule has 23 heavy (non-hydrogen) atoms. The van der Waals surface area contributed by atoms with Crippen LogP contribution in [-0.2, 0) is 19.4 Å². The molecule has 4 rings (SSSR count). The smallest absolute Gasteiger partial charge is 0.122 e. The third kappa shape index (κ3) is 3.08. The Morgan fingerprint density at radius 1 is 1.13 bits per heavy atom. The fraction of sp³-hybridized carbons (Fsp3) is 0.474. The van der Waals surface area contributed by atoms with Crippen molar-refractivity contribution < 1.29 is 4.74 Å². The summed E-state index contributed by atoms with van der Waals surface area (Å²) >= 11 is 0. The third-order valence-electron chi connectivity index (χ3n) is 5.01. The molecule has 4 nitrogen and oxygen atoms in total. The van der Waals surface area contributed by atoms with E-state index >= 15 is 0 Å². The number of aromatic nitrogens is 1. The van der Waals surface area contributed by atoms with Crippen LogP contribution in [0.1, 0.15) is 23.7 Å². The van der Waals surface area contributed by atoms with Gasteiger partial charge in [0.1, 0.15) is 5.75 Å². The van der Waals surface area contributed by atoms with Gasteiger partial charge in [-0.05, 0) is 29.7 Å². The predicted molar refractivity (Wildman–Crippen MR) is 93.3 cm³/mol. The van der Waals surface area contributed by atoms with E-state index in [1.165, 1.54) is 22.5 Å². The molecule has 1 aromatic carbocycles. The number of fused-ring (bicyclic) bond motifs is 1. The van der Waals surface area contributed by atoms with Gasteiger partial charge < -0.3 is 14.6 Å². The number of nitrogens with one attached hydrogen (secondary N) is 1. The van der Waals surface area contributed by atoms with Crippen LogP contribution >= 0.6 is 0 Å². The number of piperazine rings is 1. The van der Waals surface area contributed by atoms with Gasteiger partial charge in [0.2, 0.25) is 0 Å². The van der Waals surface area contributed by atoms with Crippen LogP contribution in [0.5, 0.6) is 5.75 Å². The van der Waals surface area contributed by atoms with Crippen molar-refractivity contribution >= 4 is 5.69 Å². The van der Waals surface area contributed by atoms with E-state index in [1.807, 2.05) is 0 Å². The van der Waals surface area contributed by atoms with Crippen molar-refractivity contribution in [3.63, 3.8) is 0 Å². The molecule has 1 saturated heterocycles. The second-order valence-electron chi connectivity index (χ2n) is 6.54. The highest BCUT2D eigenvalue weighted by molar-refractivity contribution is 5.47. The van der Waals surface area contributed by atoms with Crippen LogP contribution in [-0.4, -0.2) is 42.7 Å². The quantitative estimate of drug-likeness (QED) is 0.942. The van der Waals surface area contributed by atoms with E-state index in [0.717, 1.165) is 57.9 Å². The van der Waals surface area contributed by atoms with Crippen molar-refractivity contribution in [3.8, 4) is 5.75 Å². The SMILES string of the molecule is CCc1cc(N2CCN(Cc3ccc4c(c3)OCC4)CC2)c[nH]1. The number of anilines is 1. The molecule has 0 unspecified atom stereocenters. The maximum atomic E-state index is 5.69. The first-order valence-corrected chi connectivity index (χ1v) is 8.71. The Bertz CT molecular complexity index is 671. The Morgan fingerprint density at radius 2 is 2.00 bits per heavy atom. The summed E-state index contributed by atoms with van der Waals surface area (Å²) in [6, 6.07) is 9.02. The zero-order valence-corrected chi connectivity index (χ0v) is 13.8. The lowest BCUT2D eigenvalue weighted by molar-refractivity contribution is 0.249. The molecule has 0 atom stereocenters. The van der Waals surface area contributed by atoms with Crippen molar-refractivity contribution in [1.29, 1.82) is 0 Å². The predicted octanol–water partition coefficient (Wildman–Crippen LogP) is 2.83. The second kappa shape index (κ2) is 6.28. The van der Waals surface area contributed by atoms with Crippen molar-refractivity contribution in [2.24, 2.45) is 0 Å². The van der Waals surface area contributed by atoms with E-state index in [-0.39, 0.29) is 0 Å². The van der Waals surface area contributed by atoms with E-state index in [1.54, 1.807) is 0 Å². The highest BCUT2D eigenvalue weighted by Crippen LogP contribution is 2.27. The highest BCUT2D eigenvalue weighted by atomic mass is 16.5. The average molecular weight is 311 g/mol. The first-order chi connectivity index (χ1) is 11.3. The normalized spacial score (nSPS) is 18.0. The number of H-pyrrole nitrogens is 1. The standard InChI is InChI=1S/C19H25N3O/c1-2-17-12-18(13-20-17)22-8-6-21(7-9-22)14-15-3-4-16-5-10-23-19(16)11-15/h3-4,11-13,20H,2,5-10,14H2,1H3. The van der Waals surface area contributed by atoms with Crippen LogP contribution in [0, 0.1) is 0 Å². The molecule has 0 amide bonds. The van der Waals surface area contributed by atoms with Gasteiger partial charge in [0.25, 0.3) is 0 Å². The molecule has 0 radical (unpaired) electrons. The first-order valence-electron chi connectivity index (χ1n) is 8.71. The van der Waals surface area contributed by atoms with Crippen LogP contribution in [0.3, 0.4) is 0 Å². The lowest BCUT2D eigenvalue weighted by Gasteiger charge is -2.35. The van der Waals surface area contributed by atoms with Crippen LogP contribution in [0.25, 0.3) is 0 Å². The Kier molecular flexibility index (Phi) is 4.00. The second-order valence-corrected chi connectivity index (χ2v) is 6.54. The van der Waals surface area contributed by atoms with E-state index in [0.29, 0.717) is 0 Å². The van der Waals surface area contributed by atoms with Crippen LogP contribution in [0.2, 0.25) is 0 Å². The van der Waals surface area contributed by atoms with Crippen molar-refractivity contribution in [2.75, 3.05) is 37.7 Å². The summed E-state index contributed by atoms with van der Waals surface area (Å²) in [4.78, 5) is 8.38. The molecule has 3 heterocycles. The zero-order chi connectivity index (χ0) is 15.6. The number of aryl methyl sites for hydroxylation is 1. The fourth-order valence-corrected chi connectivity index (χ4v) is 3.55. The molecule has 0 spiro atoms. The van der Waals surface area contributed by atoms with Crippen LogP contribution < -0.4 is 9.64 Å². The van der Waals surface area contributed by atoms with Crippen molar-refractivity contribution in [3.05, 3.63) is 47.3 Å². The van der Waals surface area contributed by atoms with Gasteiger partial charge >= 0.3 is 0 Å². The van der Waals surface area contributed by atoms with E-state index < -0.39 is 0 Å². The molecule has 0 saturated carbocycles. The molecule has 1 N–H and O–H groups in total. The van der Waals surface area contributed by atoms with Gasteiger partial charge in [-0.15, -0.1) is 0 Å². The molecule has 2 aromatic rings. The molecule has 4 heteroatoms. The number of hydrogen-bond donors (Lipinski definition) is 1. The number of rotatable bonds is 4. The molecule has 0 aliphatic carbocycles. The molecule has 122 valence electrons. The molecule has 1 fully saturated rings. The number of ether oxygens (including phenoxy) is 1. The minimum atomic E-state index is 0.841. The molecule has 2 aliphatic rings. The van der Waals surface area contributed by atoms with Gasteiger partial charge in [-0.2, -0.15) is 0 Å². The molecule has 2 aliphatic heterocycles. The van der Waals surface area contributed by atoms with Crippen LogP contribution in [0.4, 0.5) is 5.69 Å². The van der Waals surface area contributed by atoms with Gasteiger partial charge in [0.05, 0.1) is 12.3 Å². The number of hydrogen-bond acceptors (Lipinski definition) is 3. The number of benzene rings is 1. The van der Waals surface area contributed by atoms with E-state index in [2.05, 4.69) is 52.2 Å². The first kappa shape index (κ1) is 14.6. The van der Waals surface area contributed by atoms with Gasteiger partial charge in [0.15, 0.2) is 0 Å². The largest absolute Gasteiger partial charge is 0.493 e. The van der Waals surface area contributed by atoms with Gasteiger partial charge in [-0.3, -0.25) is 4.90 Å². The molecular formula is C19H25N3O. The van der Waals surface area contributed by atoms with Crippen LogP contribution in [0.15, 0.2) is 30.5 Å². The summed E-state index contributed by atoms with van der Waals surface area (Å²) in [6.45, 7) is 8.49. The minimum absolute atomic E-state index is 0.841. The van der Waals surface area contributed by atoms with Gasteiger partial charge in [0, 0.05) is 51.0 Å². The minimum Gasteiger partial charge on any atom is -0.493 e. The number of nitrogens with zero attached hydrogens (tertiary/aromatic N) is 2. The number of aromatic amines is 1. The topological polar surface area (TPSA) is 31.5 Å². The van der Waals surface area contributed by atoms with Gasteiger partial charge in [-0.25, -0.2) is 0 Å². The highest BCUT2D eigenvalue weighted by Gasteiger charge is 2.19. The third-order valence-corrected chi connectivity index (χ3v) is 5.01. The van der Waals surface area contributed by atoms with Gasteiger partial charge in [-0.1, -0.05) is 19.1 Å². The molecule has 1 aromatic heterocycles. The lowest BCUT2D eigenvalue weighted by Crippen LogP contribution is -2.45. The maximum Gasteiger partial charge on any atom is 0.122 e. The summed E-state index contributed by atoms with van der Waals surface area (Å²) in [5, 5.41) is 0. The lowest BCUT2D eigenvalue weighted by atomic mass is 10.1. The van der Waals surface area contributed by atoms with E-state index in [9.17, 15) is 0 Å². The maximum absolute atomic E-state index is 5.69. The summed E-state index contributed by atoms with van der Waals surface area (Å²) in [5.74, 6) is 1.10. The zero-order valence-electron chi connectivity index (χ0n) is 13.8. The summed E-state index contributed by atoms with van der Waals surface area (Å²) in [7, 11) is 0. The summed E-state index contributed by atoms with van der Waals surface area (Å²) < 4.78 is 5.69. The summed E-state index contributed by atoms with van der Waals surface area (Å²) in [6.07, 6.45) is 4.28. The van der Waals surface area contributed by atoms with Crippen molar-refractivity contribution in [2.45, 2.75) is 26.3 Å². The Labute approximate surface area is 138 Å². The Morgan fingerprint density at radius 3 is 2.78 bits per heavy atom. The Balaban J connectivity index is 1.34. The fourth-order valence-electron chi connectivity index (χ4n) is 3.55. The molecule has 0 bridgehead atoms. The van der Waals surface area contributed by atoms with Crippen molar-refractivity contribution in [1.82, 2.24) is 9.88 Å².